The van der Waals surface area contributed by atoms with Gasteiger partial charge in [0.15, 0.2) is 0 Å². The Bertz CT molecular complexity index is 306. The maximum atomic E-state index is 11.0. The molecule has 1 rings (SSSR count). The highest BCUT2D eigenvalue weighted by Gasteiger charge is 2.01. The van der Waals surface area contributed by atoms with Crippen LogP contribution < -0.4 is 5.32 Å². The van der Waals surface area contributed by atoms with Gasteiger partial charge in [-0.2, -0.15) is 0 Å². The van der Waals surface area contributed by atoms with Gasteiger partial charge in [0.05, 0.1) is 5.76 Å². The molecule has 13 heavy (non-hydrogen) atoms. The van der Waals surface area contributed by atoms with E-state index in [9.17, 15) is 4.79 Å². The number of amides is 1. The van der Waals surface area contributed by atoms with Gasteiger partial charge in [0, 0.05) is 5.69 Å². The van der Waals surface area contributed by atoms with Gasteiger partial charge in [-0.05, 0) is 19.1 Å². The number of ether oxygens (including phenoxy) is 1. The molecule has 0 aliphatic carbocycles. The minimum absolute atomic E-state index is 0.369. The van der Waals surface area contributed by atoms with Crippen LogP contribution in [0.2, 0.25) is 0 Å². The molecule has 3 nitrogen and oxygen atoms in total. The van der Waals surface area contributed by atoms with Crippen molar-refractivity contribution in [2.75, 3.05) is 5.32 Å². The van der Waals surface area contributed by atoms with E-state index in [0.29, 0.717) is 11.4 Å². The fourth-order valence-electron chi connectivity index (χ4n) is 0.823. The molecule has 0 saturated heterocycles. The predicted molar refractivity (Wildman–Crippen MR) is 51.4 cm³/mol. The van der Waals surface area contributed by atoms with Gasteiger partial charge in [0.1, 0.15) is 0 Å². The standard InChI is InChI=1S/C10H11NO2/c1-8(2)13-10(12)11-9-6-4-3-5-7-9/h3-7H,1H2,2H3,(H,11,12). The number of carbonyl (C=O) groups is 1. The molecule has 1 aromatic carbocycles. The van der Waals surface area contributed by atoms with E-state index in [1.807, 2.05) is 18.2 Å². The van der Waals surface area contributed by atoms with E-state index < -0.39 is 6.09 Å². The molecule has 0 saturated carbocycles. The monoisotopic (exact) mass is 177 g/mol. The fourth-order valence-corrected chi connectivity index (χ4v) is 0.823. The molecule has 0 fully saturated rings. The average Bonchev–Trinajstić information content (AvgIpc) is 2.04. The Morgan fingerprint density at radius 2 is 2.00 bits per heavy atom. The molecule has 0 heterocycles. The summed E-state index contributed by atoms with van der Waals surface area (Å²) in [4.78, 5) is 11.0. The summed E-state index contributed by atoms with van der Waals surface area (Å²) < 4.78 is 4.71. The van der Waals surface area contributed by atoms with Crippen LogP contribution in [0.5, 0.6) is 0 Å². The lowest BCUT2D eigenvalue weighted by molar-refractivity contribution is 0.192. The smallest absolute Gasteiger partial charge is 0.416 e. The Balaban J connectivity index is 2.50. The third kappa shape index (κ3) is 3.42. The predicted octanol–water partition coefficient (Wildman–Crippen LogP) is 2.77. The average molecular weight is 177 g/mol. The van der Waals surface area contributed by atoms with Crippen LogP contribution in [0.1, 0.15) is 6.92 Å². The first-order chi connectivity index (χ1) is 6.18. The first kappa shape index (κ1) is 9.32. The van der Waals surface area contributed by atoms with Crippen molar-refractivity contribution in [3.05, 3.63) is 42.7 Å². The van der Waals surface area contributed by atoms with Crippen LogP contribution in [-0.2, 0) is 4.74 Å². The second kappa shape index (κ2) is 4.30. The SMILES string of the molecule is C=C(C)OC(=O)Nc1ccccc1. The Morgan fingerprint density at radius 3 is 2.54 bits per heavy atom. The lowest BCUT2D eigenvalue weighted by Crippen LogP contribution is -2.11. The number of carbonyl (C=O) groups excluding carboxylic acids is 1. The summed E-state index contributed by atoms with van der Waals surface area (Å²) in [6, 6.07) is 9.08. The lowest BCUT2D eigenvalue weighted by Gasteiger charge is -2.04. The van der Waals surface area contributed by atoms with Crippen LogP contribution in [-0.4, -0.2) is 6.09 Å². The quantitative estimate of drug-likeness (QED) is 0.705. The largest absolute Gasteiger partial charge is 0.416 e. The van der Waals surface area contributed by atoms with Crippen LogP contribution in [0, 0.1) is 0 Å². The van der Waals surface area contributed by atoms with E-state index >= 15 is 0 Å². The van der Waals surface area contributed by atoms with Crippen LogP contribution in [0.4, 0.5) is 10.5 Å². The number of benzene rings is 1. The molecule has 0 aromatic heterocycles. The van der Waals surface area contributed by atoms with E-state index in [4.69, 9.17) is 4.74 Å². The fraction of sp³-hybridized carbons (Fsp3) is 0.100. The van der Waals surface area contributed by atoms with Gasteiger partial charge in [0.25, 0.3) is 0 Å². The molecule has 0 radical (unpaired) electrons. The number of nitrogens with one attached hydrogen (secondary N) is 1. The van der Waals surface area contributed by atoms with Gasteiger partial charge in [0.2, 0.25) is 0 Å². The molecule has 0 unspecified atom stereocenters. The number of anilines is 1. The zero-order chi connectivity index (χ0) is 9.68. The minimum Gasteiger partial charge on any atom is -0.416 e. The summed E-state index contributed by atoms with van der Waals surface area (Å²) in [5.74, 6) is 0.369. The summed E-state index contributed by atoms with van der Waals surface area (Å²) >= 11 is 0. The highest BCUT2D eigenvalue weighted by molar-refractivity contribution is 5.85. The van der Waals surface area contributed by atoms with Crippen molar-refractivity contribution < 1.29 is 9.53 Å². The molecular formula is C10H11NO2. The van der Waals surface area contributed by atoms with E-state index in [2.05, 4.69) is 11.9 Å². The lowest BCUT2D eigenvalue weighted by atomic mass is 10.3. The van der Waals surface area contributed by atoms with Gasteiger partial charge >= 0.3 is 6.09 Å². The summed E-state index contributed by atoms with van der Waals surface area (Å²) in [5, 5.41) is 2.55. The van der Waals surface area contributed by atoms with Crippen LogP contribution in [0.15, 0.2) is 42.7 Å². The Kier molecular flexibility index (Phi) is 3.09. The molecule has 3 heteroatoms. The summed E-state index contributed by atoms with van der Waals surface area (Å²) in [5.41, 5.74) is 0.703. The van der Waals surface area contributed by atoms with Crippen LogP contribution in [0.3, 0.4) is 0 Å². The second-order valence-electron chi connectivity index (χ2n) is 2.58. The first-order valence-corrected chi connectivity index (χ1v) is 3.88. The van der Waals surface area contributed by atoms with E-state index in [-0.39, 0.29) is 0 Å². The van der Waals surface area contributed by atoms with E-state index in [0.717, 1.165) is 0 Å². The van der Waals surface area contributed by atoms with Gasteiger partial charge < -0.3 is 4.74 Å². The molecule has 68 valence electrons. The maximum absolute atomic E-state index is 11.0. The zero-order valence-corrected chi connectivity index (χ0v) is 7.41. The first-order valence-electron chi connectivity index (χ1n) is 3.88. The number of rotatable bonds is 2. The van der Waals surface area contributed by atoms with Crippen molar-refractivity contribution in [3.63, 3.8) is 0 Å². The Hall–Kier alpha value is -1.77. The van der Waals surface area contributed by atoms with Crippen LogP contribution >= 0.6 is 0 Å². The van der Waals surface area contributed by atoms with Crippen molar-refractivity contribution >= 4 is 11.8 Å². The van der Waals surface area contributed by atoms with Crippen molar-refractivity contribution in [3.8, 4) is 0 Å². The summed E-state index contributed by atoms with van der Waals surface area (Å²) in [7, 11) is 0. The molecule has 0 aliphatic heterocycles. The minimum atomic E-state index is -0.515. The summed E-state index contributed by atoms with van der Waals surface area (Å²) in [6.07, 6.45) is -0.515. The van der Waals surface area contributed by atoms with Crippen LogP contribution in [0.25, 0.3) is 0 Å². The van der Waals surface area contributed by atoms with Crippen molar-refractivity contribution in [2.45, 2.75) is 6.92 Å². The van der Waals surface area contributed by atoms with Crippen molar-refractivity contribution in [1.82, 2.24) is 0 Å². The molecule has 0 aliphatic rings. The maximum Gasteiger partial charge on any atom is 0.416 e. The third-order valence-corrected chi connectivity index (χ3v) is 1.29. The van der Waals surface area contributed by atoms with Gasteiger partial charge in [-0.3, -0.25) is 5.32 Å². The second-order valence-corrected chi connectivity index (χ2v) is 2.58. The zero-order valence-electron chi connectivity index (χ0n) is 7.41. The molecule has 0 spiro atoms. The molecule has 0 atom stereocenters. The van der Waals surface area contributed by atoms with Gasteiger partial charge in [-0.25, -0.2) is 4.79 Å². The highest BCUT2D eigenvalue weighted by atomic mass is 16.6. The highest BCUT2D eigenvalue weighted by Crippen LogP contribution is 2.06. The molecule has 1 aromatic rings. The Labute approximate surface area is 77.0 Å². The third-order valence-electron chi connectivity index (χ3n) is 1.29. The van der Waals surface area contributed by atoms with E-state index in [1.165, 1.54) is 0 Å². The molecule has 0 bridgehead atoms. The van der Waals surface area contributed by atoms with Gasteiger partial charge in [-0.1, -0.05) is 24.8 Å². The molecule has 1 amide bonds. The normalized spacial score (nSPS) is 9.00. The van der Waals surface area contributed by atoms with E-state index in [1.54, 1.807) is 19.1 Å². The topological polar surface area (TPSA) is 38.3 Å². The van der Waals surface area contributed by atoms with Crippen molar-refractivity contribution in [1.29, 1.82) is 0 Å². The molecule has 1 N–H and O–H groups in total. The summed E-state index contributed by atoms with van der Waals surface area (Å²) in [6.45, 7) is 5.07. The Morgan fingerprint density at radius 1 is 1.38 bits per heavy atom. The van der Waals surface area contributed by atoms with Gasteiger partial charge in [-0.15, -0.1) is 0 Å². The number of hydrogen-bond donors (Lipinski definition) is 1. The number of hydrogen-bond acceptors (Lipinski definition) is 2. The number of allylic oxidation sites excluding steroid dienone is 1. The van der Waals surface area contributed by atoms with Crippen molar-refractivity contribution in [2.24, 2.45) is 0 Å². The molecular weight excluding hydrogens is 166 g/mol. The number of para-hydroxylation sites is 1.